The van der Waals surface area contributed by atoms with E-state index >= 15 is 0 Å². The maximum atomic E-state index is 12.7. The molecule has 28 heavy (non-hydrogen) atoms. The molecule has 0 unspecified atom stereocenters. The average molecular weight is 439 g/mol. The van der Waals surface area contributed by atoms with E-state index in [-0.39, 0.29) is 21.4 Å². The molecule has 1 aliphatic rings. The zero-order chi connectivity index (χ0) is 20.5. The molecule has 2 N–H and O–H groups in total. The minimum absolute atomic E-state index is 0.114. The Balaban J connectivity index is 1.76. The average Bonchev–Trinajstić information content (AvgIpc) is 2.68. The van der Waals surface area contributed by atoms with Crippen LogP contribution in [0.25, 0.3) is 0 Å². The molecule has 0 radical (unpaired) electrons. The van der Waals surface area contributed by atoms with Crippen molar-refractivity contribution < 1.29 is 13.2 Å². The van der Waals surface area contributed by atoms with Crippen molar-refractivity contribution in [2.24, 2.45) is 5.14 Å². The van der Waals surface area contributed by atoms with Crippen LogP contribution in [0, 0.1) is 11.3 Å². The fraction of sp³-hybridized carbons (Fsp3) is 0.222. The first-order valence-electron chi connectivity index (χ1n) is 8.27. The molecule has 10 heteroatoms. The van der Waals surface area contributed by atoms with E-state index in [1.165, 1.54) is 12.1 Å². The maximum absolute atomic E-state index is 12.7. The monoisotopic (exact) mass is 438 g/mol. The third kappa shape index (κ3) is 4.08. The molecule has 1 saturated heterocycles. The van der Waals surface area contributed by atoms with E-state index in [1.807, 2.05) is 11.0 Å². The second kappa shape index (κ2) is 7.97. The lowest BCUT2D eigenvalue weighted by atomic mass is 10.1. The number of piperazine rings is 1. The van der Waals surface area contributed by atoms with Crippen LogP contribution in [0.5, 0.6) is 0 Å². The first kappa shape index (κ1) is 20.4. The quantitative estimate of drug-likeness (QED) is 0.791. The largest absolute Gasteiger partial charge is 0.367 e. The fourth-order valence-electron chi connectivity index (χ4n) is 3.05. The molecule has 0 aliphatic carbocycles. The van der Waals surface area contributed by atoms with Crippen LogP contribution in [0.15, 0.2) is 41.3 Å². The van der Waals surface area contributed by atoms with Crippen molar-refractivity contribution in [3.05, 3.63) is 57.6 Å². The van der Waals surface area contributed by atoms with Gasteiger partial charge in [-0.25, -0.2) is 13.6 Å². The number of halogens is 2. The van der Waals surface area contributed by atoms with Crippen LogP contribution in [0.4, 0.5) is 5.69 Å². The van der Waals surface area contributed by atoms with E-state index in [0.717, 1.165) is 0 Å². The number of nitriles is 1. The number of amides is 1. The number of primary sulfonamides is 1. The third-order valence-corrected chi connectivity index (χ3v) is 6.24. The summed E-state index contributed by atoms with van der Waals surface area (Å²) in [6.07, 6.45) is 0. The zero-order valence-corrected chi connectivity index (χ0v) is 16.9. The van der Waals surface area contributed by atoms with E-state index in [9.17, 15) is 18.5 Å². The SMILES string of the molecule is N#Cc1cc(S(N)(=O)=O)ccc1N1CCN(C(=O)c2cccc(Cl)c2Cl)CC1. The van der Waals surface area contributed by atoms with E-state index < -0.39 is 10.0 Å². The van der Waals surface area contributed by atoms with Crippen LogP contribution in [0.2, 0.25) is 10.0 Å². The molecular weight excluding hydrogens is 423 g/mol. The van der Waals surface area contributed by atoms with Gasteiger partial charge in [-0.05, 0) is 30.3 Å². The highest BCUT2D eigenvalue weighted by Gasteiger charge is 2.25. The van der Waals surface area contributed by atoms with Gasteiger partial charge in [0.2, 0.25) is 10.0 Å². The summed E-state index contributed by atoms with van der Waals surface area (Å²) in [6, 6.07) is 11.1. The molecule has 3 rings (SSSR count). The minimum Gasteiger partial charge on any atom is -0.367 e. The van der Waals surface area contributed by atoms with E-state index in [0.29, 0.717) is 42.5 Å². The molecule has 0 aromatic heterocycles. The van der Waals surface area contributed by atoms with Crippen LogP contribution in [-0.4, -0.2) is 45.4 Å². The molecule has 1 fully saturated rings. The second-order valence-corrected chi connectivity index (χ2v) is 8.56. The Morgan fingerprint density at radius 3 is 2.39 bits per heavy atom. The first-order chi connectivity index (χ1) is 13.2. The Morgan fingerprint density at radius 2 is 1.79 bits per heavy atom. The summed E-state index contributed by atoms with van der Waals surface area (Å²) in [5.74, 6) is -0.211. The summed E-state index contributed by atoms with van der Waals surface area (Å²) in [5, 5.41) is 15.0. The van der Waals surface area contributed by atoms with Crippen molar-refractivity contribution in [2.45, 2.75) is 4.90 Å². The highest BCUT2D eigenvalue weighted by molar-refractivity contribution is 7.89. The summed E-state index contributed by atoms with van der Waals surface area (Å²) >= 11 is 12.1. The summed E-state index contributed by atoms with van der Waals surface area (Å²) in [5.41, 5.74) is 1.16. The molecule has 0 saturated carbocycles. The number of nitrogens with zero attached hydrogens (tertiary/aromatic N) is 3. The summed E-state index contributed by atoms with van der Waals surface area (Å²) < 4.78 is 23.0. The number of rotatable bonds is 3. The maximum Gasteiger partial charge on any atom is 0.255 e. The van der Waals surface area contributed by atoms with Crippen molar-refractivity contribution in [1.82, 2.24) is 4.90 Å². The molecule has 0 atom stereocenters. The van der Waals surface area contributed by atoms with Gasteiger partial charge >= 0.3 is 0 Å². The Morgan fingerprint density at radius 1 is 1.11 bits per heavy atom. The van der Waals surface area contributed by atoms with E-state index in [4.69, 9.17) is 28.3 Å². The molecule has 2 aromatic rings. The smallest absolute Gasteiger partial charge is 0.255 e. The van der Waals surface area contributed by atoms with Crippen molar-refractivity contribution >= 4 is 44.8 Å². The van der Waals surface area contributed by atoms with Gasteiger partial charge in [-0.1, -0.05) is 29.3 Å². The van der Waals surface area contributed by atoms with E-state index in [1.54, 1.807) is 29.2 Å². The van der Waals surface area contributed by atoms with Crippen molar-refractivity contribution in [3.63, 3.8) is 0 Å². The van der Waals surface area contributed by atoms with Crippen LogP contribution < -0.4 is 10.0 Å². The molecule has 7 nitrogen and oxygen atoms in total. The zero-order valence-electron chi connectivity index (χ0n) is 14.6. The topological polar surface area (TPSA) is 107 Å². The van der Waals surface area contributed by atoms with Gasteiger partial charge in [-0.15, -0.1) is 0 Å². The minimum atomic E-state index is -3.89. The summed E-state index contributed by atoms with van der Waals surface area (Å²) in [7, 11) is -3.89. The Hall–Kier alpha value is -2.31. The van der Waals surface area contributed by atoms with Gasteiger partial charge in [0.05, 0.1) is 31.8 Å². The predicted octanol–water partition coefficient (Wildman–Crippen LogP) is 2.47. The lowest BCUT2D eigenvalue weighted by molar-refractivity contribution is 0.0747. The van der Waals surface area contributed by atoms with Crippen LogP contribution >= 0.6 is 23.2 Å². The Kier molecular flexibility index (Phi) is 5.82. The van der Waals surface area contributed by atoms with Gasteiger partial charge in [0, 0.05) is 26.2 Å². The summed E-state index contributed by atoms with van der Waals surface area (Å²) in [6.45, 7) is 1.80. The number of carbonyl (C=O) groups excluding carboxylic acids is 1. The standard InChI is InChI=1S/C18H16Cl2N4O3S/c19-15-3-1-2-14(17(15)20)18(25)24-8-6-23(7-9-24)16-5-4-13(28(22,26)27)10-12(16)11-21/h1-5,10H,6-9H2,(H2,22,26,27). The number of anilines is 1. The van der Waals surface area contributed by atoms with Crippen molar-refractivity contribution in [3.8, 4) is 6.07 Å². The molecule has 2 aromatic carbocycles. The van der Waals surface area contributed by atoms with Crippen molar-refractivity contribution in [2.75, 3.05) is 31.1 Å². The number of carbonyl (C=O) groups is 1. The Bertz CT molecular complexity index is 1070. The second-order valence-electron chi connectivity index (χ2n) is 6.22. The number of hydrogen-bond acceptors (Lipinski definition) is 5. The van der Waals surface area contributed by atoms with Gasteiger partial charge in [-0.3, -0.25) is 4.79 Å². The number of benzene rings is 2. The van der Waals surface area contributed by atoms with Gasteiger partial charge in [0.1, 0.15) is 6.07 Å². The third-order valence-electron chi connectivity index (χ3n) is 4.51. The van der Waals surface area contributed by atoms with Crippen LogP contribution in [-0.2, 0) is 10.0 Å². The van der Waals surface area contributed by atoms with Crippen LogP contribution in [0.3, 0.4) is 0 Å². The van der Waals surface area contributed by atoms with Gasteiger partial charge in [0.15, 0.2) is 0 Å². The summed E-state index contributed by atoms with van der Waals surface area (Å²) in [4.78, 5) is 16.2. The highest BCUT2D eigenvalue weighted by Crippen LogP contribution is 2.28. The fourth-order valence-corrected chi connectivity index (χ4v) is 3.97. The highest BCUT2D eigenvalue weighted by atomic mass is 35.5. The molecule has 1 heterocycles. The number of nitrogens with two attached hydrogens (primary N) is 1. The van der Waals surface area contributed by atoms with E-state index in [2.05, 4.69) is 0 Å². The van der Waals surface area contributed by atoms with Gasteiger partial charge in [-0.2, -0.15) is 5.26 Å². The molecule has 0 spiro atoms. The van der Waals surface area contributed by atoms with Gasteiger partial charge in [0.25, 0.3) is 5.91 Å². The molecule has 0 bridgehead atoms. The van der Waals surface area contributed by atoms with Crippen molar-refractivity contribution in [1.29, 1.82) is 5.26 Å². The Labute approximate surface area is 172 Å². The van der Waals surface area contributed by atoms with Gasteiger partial charge < -0.3 is 9.80 Å². The lowest BCUT2D eigenvalue weighted by Crippen LogP contribution is -2.49. The predicted molar refractivity (Wildman–Crippen MR) is 107 cm³/mol. The normalized spacial score (nSPS) is 14.6. The number of hydrogen-bond donors (Lipinski definition) is 1. The molecular formula is C18H16Cl2N4O3S. The van der Waals surface area contributed by atoms with Crippen LogP contribution in [0.1, 0.15) is 15.9 Å². The first-order valence-corrected chi connectivity index (χ1v) is 10.6. The number of sulfonamides is 1. The molecule has 1 aliphatic heterocycles. The molecule has 146 valence electrons. The molecule has 1 amide bonds. The lowest BCUT2D eigenvalue weighted by Gasteiger charge is -2.36.